The zero-order chi connectivity index (χ0) is 12.3. The molecule has 2 heterocycles. The van der Waals surface area contributed by atoms with Crippen LogP contribution in [0.4, 0.5) is 5.82 Å². The fourth-order valence-corrected chi connectivity index (χ4v) is 1.61. The molecule has 17 heavy (non-hydrogen) atoms. The number of nitrogens with zero attached hydrogens (tertiary/aromatic N) is 5. The Labute approximate surface area is 108 Å². The first-order valence-corrected chi connectivity index (χ1v) is 5.70. The van der Waals surface area contributed by atoms with Gasteiger partial charge in [-0.25, -0.2) is 0 Å². The van der Waals surface area contributed by atoms with Crippen LogP contribution in [0, 0.1) is 0 Å². The van der Waals surface area contributed by atoms with Gasteiger partial charge in [0.05, 0.1) is 6.54 Å². The lowest BCUT2D eigenvalue weighted by molar-refractivity contribution is 0.559. The molecule has 0 aliphatic heterocycles. The molecule has 0 aliphatic rings. The summed E-state index contributed by atoms with van der Waals surface area (Å²) in [6.45, 7) is 2.67. The molecule has 0 spiro atoms. The van der Waals surface area contributed by atoms with Gasteiger partial charge in [0.1, 0.15) is 0 Å². The van der Waals surface area contributed by atoms with Crippen molar-refractivity contribution in [3.05, 3.63) is 28.9 Å². The zero-order valence-corrected chi connectivity index (χ0v) is 10.5. The third-order valence-electron chi connectivity index (χ3n) is 2.02. The third kappa shape index (κ3) is 3.28. The van der Waals surface area contributed by atoms with Gasteiger partial charge in [-0.2, -0.15) is 10.1 Å². The number of hydrogen-bond acceptors (Lipinski definition) is 5. The number of aromatic nitrogens is 5. The van der Waals surface area contributed by atoms with E-state index in [1.165, 1.54) is 0 Å². The number of anilines is 1. The Kier molecular flexibility index (Phi) is 3.75. The highest BCUT2D eigenvalue weighted by atomic mass is 35.5. The summed E-state index contributed by atoms with van der Waals surface area (Å²) in [5, 5.41) is 14.7. The summed E-state index contributed by atoms with van der Waals surface area (Å²) >= 11 is 11.5. The van der Waals surface area contributed by atoms with E-state index < -0.39 is 0 Å². The van der Waals surface area contributed by atoms with E-state index in [9.17, 15) is 0 Å². The molecule has 90 valence electrons. The summed E-state index contributed by atoms with van der Waals surface area (Å²) in [5.74, 6) is 0.423. The minimum absolute atomic E-state index is 0.0585. The minimum atomic E-state index is 0.0585. The predicted octanol–water partition coefficient (Wildman–Crippen LogP) is 1.88. The Hall–Kier alpha value is -1.40. The standard InChI is InChI=1S/C9H10Cl2N6/c1-6(5-17-4-2-3-12-17)13-8-7(10)15-16-9(11)14-8/h2-4,6H,5H2,1H3,(H,13,14,16). The summed E-state index contributed by atoms with van der Waals surface area (Å²) in [7, 11) is 0. The van der Waals surface area contributed by atoms with Crippen LogP contribution in [-0.4, -0.2) is 31.0 Å². The van der Waals surface area contributed by atoms with Crippen molar-refractivity contribution in [2.24, 2.45) is 0 Å². The average Bonchev–Trinajstić information content (AvgIpc) is 2.76. The molecule has 0 amide bonds. The molecule has 0 saturated heterocycles. The second kappa shape index (κ2) is 5.29. The second-order valence-corrected chi connectivity index (χ2v) is 4.19. The van der Waals surface area contributed by atoms with Crippen molar-refractivity contribution in [3.8, 4) is 0 Å². The molecule has 0 fully saturated rings. The molecule has 0 radical (unpaired) electrons. The Morgan fingerprint density at radius 2 is 2.24 bits per heavy atom. The third-order valence-corrected chi connectivity index (χ3v) is 2.44. The van der Waals surface area contributed by atoms with E-state index in [-0.39, 0.29) is 16.5 Å². The number of hydrogen-bond donors (Lipinski definition) is 1. The summed E-state index contributed by atoms with van der Waals surface area (Å²) < 4.78 is 1.81. The molecule has 1 unspecified atom stereocenters. The van der Waals surface area contributed by atoms with Gasteiger partial charge in [0.15, 0.2) is 11.0 Å². The van der Waals surface area contributed by atoms with E-state index in [1.807, 2.05) is 23.9 Å². The summed E-state index contributed by atoms with van der Waals surface area (Å²) in [6, 6.07) is 1.95. The van der Waals surface area contributed by atoms with E-state index in [2.05, 4.69) is 25.6 Å². The van der Waals surface area contributed by atoms with Crippen molar-refractivity contribution in [1.29, 1.82) is 0 Å². The van der Waals surface area contributed by atoms with Gasteiger partial charge in [0.25, 0.3) is 0 Å². The SMILES string of the molecule is CC(Cn1cccn1)Nc1nc(Cl)nnc1Cl. The van der Waals surface area contributed by atoms with Gasteiger partial charge in [-0.1, -0.05) is 11.6 Å². The topological polar surface area (TPSA) is 68.5 Å². The summed E-state index contributed by atoms with van der Waals surface area (Å²) in [5.41, 5.74) is 0. The largest absolute Gasteiger partial charge is 0.363 e. The highest BCUT2D eigenvalue weighted by molar-refractivity contribution is 6.32. The lowest BCUT2D eigenvalue weighted by Gasteiger charge is -2.14. The van der Waals surface area contributed by atoms with Crippen LogP contribution >= 0.6 is 23.2 Å². The molecule has 0 bridgehead atoms. The maximum atomic E-state index is 5.84. The molecule has 2 aromatic rings. The van der Waals surface area contributed by atoms with Crippen molar-refractivity contribution in [2.75, 3.05) is 5.32 Å². The van der Waals surface area contributed by atoms with Crippen LogP contribution in [0.1, 0.15) is 6.92 Å². The Balaban J connectivity index is 2.02. The van der Waals surface area contributed by atoms with E-state index >= 15 is 0 Å². The van der Waals surface area contributed by atoms with Crippen LogP contribution in [-0.2, 0) is 6.54 Å². The van der Waals surface area contributed by atoms with Gasteiger partial charge in [0, 0.05) is 18.4 Å². The molecule has 0 saturated carbocycles. The van der Waals surface area contributed by atoms with E-state index in [4.69, 9.17) is 23.2 Å². The number of rotatable bonds is 4. The normalized spacial score (nSPS) is 12.4. The highest BCUT2D eigenvalue weighted by Gasteiger charge is 2.10. The van der Waals surface area contributed by atoms with Crippen molar-refractivity contribution < 1.29 is 0 Å². The molecule has 6 nitrogen and oxygen atoms in total. The molecule has 1 N–H and O–H groups in total. The molecular formula is C9H10Cl2N6. The summed E-state index contributed by atoms with van der Waals surface area (Å²) in [4.78, 5) is 3.96. The Morgan fingerprint density at radius 1 is 1.41 bits per heavy atom. The predicted molar refractivity (Wildman–Crippen MR) is 65.2 cm³/mol. The van der Waals surface area contributed by atoms with Crippen LogP contribution in [0.15, 0.2) is 18.5 Å². The van der Waals surface area contributed by atoms with Crippen molar-refractivity contribution in [1.82, 2.24) is 25.0 Å². The van der Waals surface area contributed by atoms with Gasteiger partial charge in [-0.05, 0) is 24.6 Å². The molecule has 1 atom stereocenters. The second-order valence-electron chi connectivity index (χ2n) is 3.49. The van der Waals surface area contributed by atoms with Crippen molar-refractivity contribution in [3.63, 3.8) is 0 Å². The van der Waals surface area contributed by atoms with Gasteiger partial charge in [-0.3, -0.25) is 4.68 Å². The smallest absolute Gasteiger partial charge is 0.245 e. The van der Waals surface area contributed by atoms with Crippen molar-refractivity contribution >= 4 is 29.0 Å². The first kappa shape index (κ1) is 12.1. The van der Waals surface area contributed by atoms with Gasteiger partial charge in [-0.15, -0.1) is 10.2 Å². The zero-order valence-electron chi connectivity index (χ0n) is 9.01. The lowest BCUT2D eigenvalue weighted by Crippen LogP contribution is -2.23. The fourth-order valence-electron chi connectivity index (χ4n) is 1.35. The maximum Gasteiger partial charge on any atom is 0.245 e. The van der Waals surface area contributed by atoms with Crippen molar-refractivity contribution in [2.45, 2.75) is 19.5 Å². The molecule has 2 rings (SSSR count). The average molecular weight is 273 g/mol. The molecular weight excluding hydrogens is 263 g/mol. The molecule has 0 aliphatic carbocycles. The first-order chi connectivity index (χ1) is 8.15. The van der Waals surface area contributed by atoms with Crippen LogP contribution < -0.4 is 5.32 Å². The number of nitrogens with one attached hydrogen (secondary N) is 1. The highest BCUT2D eigenvalue weighted by Crippen LogP contribution is 2.17. The van der Waals surface area contributed by atoms with Crippen LogP contribution in [0.2, 0.25) is 10.4 Å². The van der Waals surface area contributed by atoms with Crippen LogP contribution in [0.5, 0.6) is 0 Å². The quantitative estimate of drug-likeness (QED) is 0.921. The Morgan fingerprint density at radius 3 is 2.94 bits per heavy atom. The molecule has 8 heteroatoms. The number of halogens is 2. The monoisotopic (exact) mass is 272 g/mol. The van der Waals surface area contributed by atoms with E-state index in [0.29, 0.717) is 12.4 Å². The van der Waals surface area contributed by atoms with Gasteiger partial charge >= 0.3 is 0 Å². The van der Waals surface area contributed by atoms with Crippen LogP contribution in [0.3, 0.4) is 0 Å². The first-order valence-electron chi connectivity index (χ1n) is 4.95. The molecule has 0 aromatic carbocycles. The molecule has 2 aromatic heterocycles. The lowest BCUT2D eigenvalue weighted by atomic mass is 10.3. The Bertz CT molecular complexity index is 486. The minimum Gasteiger partial charge on any atom is -0.363 e. The summed E-state index contributed by atoms with van der Waals surface area (Å²) in [6.07, 6.45) is 3.60. The van der Waals surface area contributed by atoms with Crippen LogP contribution in [0.25, 0.3) is 0 Å². The van der Waals surface area contributed by atoms with Gasteiger partial charge in [0.2, 0.25) is 5.28 Å². The van der Waals surface area contributed by atoms with E-state index in [0.717, 1.165) is 0 Å². The van der Waals surface area contributed by atoms with E-state index in [1.54, 1.807) is 6.20 Å². The fraction of sp³-hybridized carbons (Fsp3) is 0.333. The van der Waals surface area contributed by atoms with Gasteiger partial charge < -0.3 is 5.32 Å². The maximum absolute atomic E-state index is 5.84.